The number of hydrogen-bond acceptors (Lipinski definition) is 3. The van der Waals surface area contributed by atoms with Crippen molar-refractivity contribution in [2.24, 2.45) is 0 Å². The second-order valence-corrected chi connectivity index (χ2v) is 6.19. The molecule has 0 saturated carbocycles. The van der Waals surface area contributed by atoms with E-state index in [-0.39, 0.29) is 0 Å². The van der Waals surface area contributed by atoms with E-state index < -0.39 is 0 Å². The van der Waals surface area contributed by atoms with Crippen LogP contribution in [0.1, 0.15) is 24.2 Å². The molecule has 0 amide bonds. The molecule has 5 nitrogen and oxygen atoms in total. The second-order valence-electron chi connectivity index (χ2n) is 5.40. The fourth-order valence-corrected chi connectivity index (χ4v) is 2.32. The average Bonchev–Trinajstić information content (AvgIpc) is 2.67. The van der Waals surface area contributed by atoms with Gasteiger partial charge in [0.1, 0.15) is 0 Å². The quantitative estimate of drug-likeness (QED) is 0.563. The van der Waals surface area contributed by atoms with Gasteiger partial charge in [0.15, 0.2) is 5.11 Å². The zero-order valence-corrected chi connectivity index (χ0v) is 14.9. The first-order chi connectivity index (χ1) is 9.91. The van der Waals surface area contributed by atoms with Crippen LogP contribution >= 0.6 is 23.8 Å². The van der Waals surface area contributed by atoms with Crippen LogP contribution in [0.5, 0.6) is 0 Å². The van der Waals surface area contributed by atoms with Gasteiger partial charge in [-0.2, -0.15) is 5.10 Å². The Morgan fingerprint density at radius 1 is 1.24 bits per heavy atom. The molecule has 1 aromatic heterocycles. The van der Waals surface area contributed by atoms with E-state index in [1.165, 1.54) is 0 Å². The summed E-state index contributed by atoms with van der Waals surface area (Å²) < 4.78 is 1.95. The van der Waals surface area contributed by atoms with E-state index in [0.717, 1.165) is 60.5 Å². The van der Waals surface area contributed by atoms with Crippen LogP contribution in [0, 0.1) is 13.8 Å². The molecule has 21 heavy (non-hydrogen) atoms. The summed E-state index contributed by atoms with van der Waals surface area (Å²) in [5.41, 5.74) is 1.92. The van der Waals surface area contributed by atoms with Crippen molar-refractivity contribution in [1.29, 1.82) is 0 Å². The molecule has 0 bridgehead atoms. The molecule has 0 radical (unpaired) electrons. The van der Waals surface area contributed by atoms with Crippen molar-refractivity contribution in [1.82, 2.24) is 25.3 Å². The molecule has 0 aliphatic rings. The number of hydrogen-bond donors (Lipinski definition) is 2. The van der Waals surface area contributed by atoms with Gasteiger partial charge in [0.2, 0.25) is 0 Å². The van der Waals surface area contributed by atoms with Crippen molar-refractivity contribution in [2.45, 2.75) is 33.2 Å². The summed E-state index contributed by atoms with van der Waals surface area (Å²) in [6.45, 7) is 7.56. The van der Waals surface area contributed by atoms with Gasteiger partial charge in [-0.15, -0.1) is 0 Å². The molecule has 120 valence electrons. The minimum absolute atomic E-state index is 0.722. The summed E-state index contributed by atoms with van der Waals surface area (Å²) in [7, 11) is 4.14. The predicted molar refractivity (Wildman–Crippen MR) is 93.1 cm³/mol. The number of aryl methyl sites for hydroxylation is 2. The third-order valence-corrected chi connectivity index (χ3v) is 4.03. The summed E-state index contributed by atoms with van der Waals surface area (Å²) >= 11 is 11.4. The van der Waals surface area contributed by atoms with E-state index in [9.17, 15) is 0 Å². The SMILES string of the molecule is Cc1nn(CCCNC(=S)NCCCN(C)C)c(C)c1Cl. The van der Waals surface area contributed by atoms with Gasteiger partial charge in [-0.05, 0) is 59.5 Å². The van der Waals surface area contributed by atoms with E-state index in [0.29, 0.717) is 0 Å². The Kier molecular flexibility index (Phi) is 8.00. The Balaban J connectivity index is 2.13. The van der Waals surface area contributed by atoms with Crippen LogP contribution in [0.2, 0.25) is 5.02 Å². The molecule has 1 heterocycles. The highest BCUT2D eigenvalue weighted by Crippen LogP contribution is 2.18. The van der Waals surface area contributed by atoms with Crippen LogP contribution in [-0.2, 0) is 6.54 Å². The van der Waals surface area contributed by atoms with Gasteiger partial charge in [-0.25, -0.2) is 0 Å². The maximum Gasteiger partial charge on any atom is 0.166 e. The van der Waals surface area contributed by atoms with Gasteiger partial charge in [-0.1, -0.05) is 11.6 Å². The van der Waals surface area contributed by atoms with E-state index >= 15 is 0 Å². The lowest BCUT2D eigenvalue weighted by Gasteiger charge is -2.12. The first-order valence-electron chi connectivity index (χ1n) is 7.27. The zero-order valence-electron chi connectivity index (χ0n) is 13.4. The first kappa shape index (κ1) is 18.2. The number of thiocarbonyl (C=S) groups is 1. The Hall–Kier alpha value is -0.850. The average molecular weight is 332 g/mol. The number of nitrogens with zero attached hydrogens (tertiary/aromatic N) is 3. The molecule has 7 heteroatoms. The first-order valence-corrected chi connectivity index (χ1v) is 8.06. The van der Waals surface area contributed by atoms with E-state index in [2.05, 4.69) is 34.7 Å². The molecular weight excluding hydrogens is 306 g/mol. The Morgan fingerprint density at radius 2 is 1.86 bits per heavy atom. The Bertz CT molecular complexity index is 458. The van der Waals surface area contributed by atoms with Crippen molar-refractivity contribution >= 4 is 28.9 Å². The molecular formula is C14H26ClN5S. The third-order valence-electron chi connectivity index (χ3n) is 3.19. The van der Waals surface area contributed by atoms with Gasteiger partial charge >= 0.3 is 0 Å². The molecule has 1 aromatic rings. The van der Waals surface area contributed by atoms with Crippen LogP contribution in [0.15, 0.2) is 0 Å². The van der Waals surface area contributed by atoms with Gasteiger partial charge < -0.3 is 15.5 Å². The van der Waals surface area contributed by atoms with E-state index in [1.807, 2.05) is 18.5 Å². The highest BCUT2D eigenvalue weighted by molar-refractivity contribution is 7.80. The van der Waals surface area contributed by atoms with E-state index in [1.54, 1.807) is 0 Å². The van der Waals surface area contributed by atoms with Gasteiger partial charge in [-0.3, -0.25) is 4.68 Å². The van der Waals surface area contributed by atoms with Crippen LogP contribution < -0.4 is 10.6 Å². The molecule has 0 aromatic carbocycles. The smallest absolute Gasteiger partial charge is 0.166 e. The fraction of sp³-hybridized carbons (Fsp3) is 0.714. The Morgan fingerprint density at radius 3 is 2.38 bits per heavy atom. The van der Waals surface area contributed by atoms with Crippen molar-refractivity contribution in [2.75, 3.05) is 33.7 Å². The van der Waals surface area contributed by atoms with Gasteiger partial charge in [0.25, 0.3) is 0 Å². The second kappa shape index (κ2) is 9.23. The van der Waals surface area contributed by atoms with Crippen LogP contribution in [-0.4, -0.2) is 53.5 Å². The zero-order chi connectivity index (χ0) is 15.8. The van der Waals surface area contributed by atoms with Crippen molar-refractivity contribution in [3.05, 3.63) is 16.4 Å². The van der Waals surface area contributed by atoms with Crippen molar-refractivity contribution in [3.8, 4) is 0 Å². The highest BCUT2D eigenvalue weighted by Gasteiger charge is 2.08. The topological polar surface area (TPSA) is 45.1 Å². The van der Waals surface area contributed by atoms with Gasteiger partial charge in [0.05, 0.1) is 16.4 Å². The molecule has 0 fully saturated rings. The molecule has 2 N–H and O–H groups in total. The van der Waals surface area contributed by atoms with E-state index in [4.69, 9.17) is 23.8 Å². The summed E-state index contributed by atoms with van der Waals surface area (Å²) in [4.78, 5) is 2.16. The predicted octanol–water partition coefficient (Wildman–Crippen LogP) is 1.96. The number of nitrogens with one attached hydrogen (secondary N) is 2. The maximum atomic E-state index is 6.12. The molecule has 0 aliphatic heterocycles. The molecule has 0 spiro atoms. The number of rotatable bonds is 8. The van der Waals surface area contributed by atoms with Gasteiger partial charge in [0, 0.05) is 19.6 Å². The molecule has 0 saturated heterocycles. The van der Waals surface area contributed by atoms with Crippen LogP contribution in [0.25, 0.3) is 0 Å². The lowest BCUT2D eigenvalue weighted by Crippen LogP contribution is -2.37. The lowest BCUT2D eigenvalue weighted by molar-refractivity contribution is 0.400. The van der Waals surface area contributed by atoms with Crippen molar-refractivity contribution < 1.29 is 0 Å². The summed E-state index contributed by atoms with van der Waals surface area (Å²) in [6, 6.07) is 0. The minimum Gasteiger partial charge on any atom is -0.363 e. The van der Waals surface area contributed by atoms with Crippen LogP contribution in [0.3, 0.4) is 0 Å². The molecule has 1 rings (SSSR count). The highest BCUT2D eigenvalue weighted by atomic mass is 35.5. The molecule has 0 aliphatic carbocycles. The fourth-order valence-electron chi connectivity index (χ4n) is 1.98. The number of aromatic nitrogens is 2. The van der Waals surface area contributed by atoms with Crippen LogP contribution in [0.4, 0.5) is 0 Å². The monoisotopic (exact) mass is 331 g/mol. The standard InChI is InChI=1S/C14H26ClN5S/c1-11-13(15)12(2)20(18-11)10-6-8-17-14(21)16-7-5-9-19(3)4/h5-10H2,1-4H3,(H2,16,17,21). The van der Waals surface area contributed by atoms with Crippen molar-refractivity contribution in [3.63, 3.8) is 0 Å². The minimum atomic E-state index is 0.722. The Labute approximate surface area is 138 Å². The normalized spacial score (nSPS) is 11.0. The summed E-state index contributed by atoms with van der Waals surface area (Å²) in [5, 5.41) is 12.3. The summed E-state index contributed by atoms with van der Waals surface area (Å²) in [6.07, 6.45) is 2.04. The maximum absolute atomic E-state index is 6.12. The summed E-state index contributed by atoms with van der Waals surface area (Å²) in [5.74, 6) is 0. The largest absolute Gasteiger partial charge is 0.363 e. The lowest BCUT2D eigenvalue weighted by atomic mass is 10.4. The molecule has 0 unspecified atom stereocenters. The molecule has 0 atom stereocenters. The number of halogens is 1. The third kappa shape index (κ3) is 6.63.